The summed E-state index contributed by atoms with van der Waals surface area (Å²) in [5, 5.41) is 0. The van der Waals surface area contributed by atoms with Crippen molar-refractivity contribution >= 4 is 5.97 Å². The molecule has 0 aliphatic carbocycles. The van der Waals surface area contributed by atoms with E-state index in [-0.39, 0.29) is 5.97 Å². The molecule has 0 aromatic carbocycles. The van der Waals surface area contributed by atoms with Gasteiger partial charge in [-0.3, -0.25) is 4.79 Å². The molecular formula is C10H20O3. The van der Waals surface area contributed by atoms with E-state index in [0.29, 0.717) is 12.3 Å². The number of methoxy groups -OCH3 is 2. The monoisotopic (exact) mass is 188 g/mol. The van der Waals surface area contributed by atoms with E-state index in [1.54, 1.807) is 7.11 Å². The van der Waals surface area contributed by atoms with Crippen LogP contribution in [0.3, 0.4) is 0 Å². The zero-order chi connectivity index (χ0) is 10.1. The highest BCUT2D eigenvalue weighted by atomic mass is 16.5. The Morgan fingerprint density at radius 3 is 2.46 bits per heavy atom. The summed E-state index contributed by atoms with van der Waals surface area (Å²) in [5.41, 5.74) is 0. The quantitative estimate of drug-likeness (QED) is 0.573. The van der Waals surface area contributed by atoms with E-state index in [9.17, 15) is 4.79 Å². The van der Waals surface area contributed by atoms with Crippen LogP contribution in [0.15, 0.2) is 0 Å². The SMILES string of the molecule is CCC[C@@H](CCC(=O)OC)COC. The first kappa shape index (κ1) is 12.4. The van der Waals surface area contributed by atoms with E-state index in [2.05, 4.69) is 11.7 Å². The summed E-state index contributed by atoms with van der Waals surface area (Å²) in [6, 6.07) is 0. The van der Waals surface area contributed by atoms with E-state index in [0.717, 1.165) is 25.9 Å². The average molecular weight is 188 g/mol. The first-order valence-corrected chi connectivity index (χ1v) is 4.80. The van der Waals surface area contributed by atoms with Gasteiger partial charge >= 0.3 is 5.97 Å². The molecule has 0 spiro atoms. The molecule has 0 bridgehead atoms. The second kappa shape index (κ2) is 8.05. The Labute approximate surface area is 80.4 Å². The van der Waals surface area contributed by atoms with E-state index >= 15 is 0 Å². The molecular weight excluding hydrogens is 168 g/mol. The van der Waals surface area contributed by atoms with Crippen LogP contribution >= 0.6 is 0 Å². The van der Waals surface area contributed by atoms with Gasteiger partial charge in [0.2, 0.25) is 0 Å². The number of esters is 1. The van der Waals surface area contributed by atoms with Crippen molar-refractivity contribution in [3.63, 3.8) is 0 Å². The largest absolute Gasteiger partial charge is 0.469 e. The fourth-order valence-electron chi connectivity index (χ4n) is 1.38. The molecule has 13 heavy (non-hydrogen) atoms. The number of hydrogen-bond acceptors (Lipinski definition) is 3. The Hall–Kier alpha value is -0.570. The second-order valence-corrected chi connectivity index (χ2v) is 3.22. The molecule has 0 rings (SSSR count). The Morgan fingerprint density at radius 1 is 1.31 bits per heavy atom. The van der Waals surface area contributed by atoms with Crippen molar-refractivity contribution in [1.29, 1.82) is 0 Å². The summed E-state index contributed by atoms with van der Waals surface area (Å²) in [6.07, 6.45) is 3.62. The topological polar surface area (TPSA) is 35.5 Å². The van der Waals surface area contributed by atoms with Crippen molar-refractivity contribution in [2.24, 2.45) is 5.92 Å². The zero-order valence-corrected chi connectivity index (χ0v) is 8.84. The van der Waals surface area contributed by atoms with Crippen molar-refractivity contribution in [3.8, 4) is 0 Å². The van der Waals surface area contributed by atoms with Crippen LogP contribution in [-0.2, 0) is 14.3 Å². The Kier molecular flexibility index (Phi) is 7.69. The third kappa shape index (κ3) is 6.58. The lowest BCUT2D eigenvalue weighted by Crippen LogP contribution is -2.11. The van der Waals surface area contributed by atoms with Crippen LogP contribution < -0.4 is 0 Å². The van der Waals surface area contributed by atoms with Crippen LogP contribution in [-0.4, -0.2) is 26.8 Å². The van der Waals surface area contributed by atoms with E-state index in [4.69, 9.17) is 4.74 Å². The van der Waals surface area contributed by atoms with Gasteiger partial charge in [-0.15, -0.1) is 0 Å². The van der Waals surface area contributed by atoms with Gasteiger partial charge < -0.3 is 9.47 Å². The van der Waals surface area contributed by atoms with Gasteiger partial charge in [0.15, 0.2) is 0 Å². The van der Waals surface area contributed by atoms with Gasteiger partial charge in [-0.2, -0.15) is 0 Å². The molecule has 0 radical (unpaired) electrons. The first-order chi connectivity index (χ1) is 6.24. The van der Waals surface area contributed by atoms with Crippen LogP contribution in [0.1, 0.15) is 32.6 Å². The number of ether oxygens (including phenoxy) is 2. The van der Waals surface area contributed by atoms with Crippen molar-refractivity contribution in [1.82, 2.24) is 0 Å². The summed E-state index contributed by atoms with van der Waals surface area (Å²) in [4.78, 5) is 10.9. The van der Waals surface area contributed by atoms with Gasteiger partial charge in [-0.1, -0.05) is 13.3 Å². The minimum atomic E-state index is -0.128. The van der Waals surface area contributed by atoms with Gasteiger partial charge in [-0.05, 0) is 18.8 Å². The molecule has 1 atom stereocenters. The minimum absolute atomic E-state index is 0.128. The molecule has 0 aliphatic heterocycles. The predicted molar refractivity (Wildman–Crippen MR) is 51.5 cm³/mol. The Balaban J connectivity index is 3.61. The molecule has 3 heteroatoms. The number of carbonyl (C=O) groups is 1. The second-order valence-electron chi connectivity index (χ2n) is 3.22. The molecule has 0 N–H and O–H groups in total. The van der Waals surface area contributed by atoms with E-state index in [1.165, 1.54) is 7.11 Å². The van der Waals surface area contributed by atoms with Crippen molar-refractivity contribution < 1.29 is 14.3 Å². The lowest BCUT2D eigenvalue weighted by Gasteiger charge is -2.13. The normalized spacial score (nSPS) is 12.5. The fourth-order valence-corrected chi connectivity index (χ4v) is 1.38. The number of rotatable bonds is 7. The summed E-state index contributed by atoms with van der Waals surface area (Å²) in [6.45, 7) is 2.88. The van der Waals surface area contributed by atoms with Crippen molar-refractivity contribution in [3.05, 3.63) is 0 Å². The number of hydrogen-bond donors (Lipinski definition) is 0. The highest BCUT2D eigenvalue weighted by Gasteiger charge is 2.10. The van der Waals surface area contributed by atoms with Crippen LogP contribution in [0.5, 0.6) is 0 Å². The third-order valence-electron chi connectivity index (χ3n) is 2.08. The molecule has 78 valence electrons. The standard InChI is InChI=1S/C10H20O3/c1-4-5-9(8-12-2)6-7-10(11)13-3/h9H,4-8H2,1-3H3/t9-/m0/s1. The average Bonchev–Trinajstić information content (AvgIpc) is 2.14. The molecule has 0 saturated carbocycles. The van der Waals surface area contributed by atoms with Gasteiger partial charge in [-0.25, -0.2) is 0 Å². The van der Waals surface area contributed by atoms with Crippen LogP contribution in [0, 0.1) is 5.92 Å². The summed E-state index contributed by atoms with van der Waals surface area (Å²) in [7, 11) is 3.12. The highest BCUT2D eigenvalue weighted by Crippen LogP contribution is 2.13. The molecule has 0 aliphatic rings. The zero-order valence-electron chi connectivity index (χ0n) is 8.84. The third-order valence-corrected chi connectivity index (χ3v) is 2.08. The lowest BCUT2D eigenvalue weighted by atomic mass is 9.99. The summed E-state index contributed by atoms with van der Waals surface area (Å²) < 4.78 is 9.65. The molecule has 0 heterocycles. The predicted octanol–water partition coefficient (Wildman–Crippen LogP) is 2.00. The van der Waals surface area contributed by atoms with Gasteiger partial charge in [0.25, 0.3) is 0 Å². The molecule has 0 saturated heterocycles. The van der Waals surface area contributed by atoms with Gasteiger partial charge in [0.05, 0.1) is 7.11 Å². The highest BCUT2D eigenvalue weighted by molar-refractivity contribution is 5.69. The molecule has 0 fully saturated rings. The van der Waals surface area contributed by atoms with Crippen LogP contribution in [0.2, 0.25) is 0 Å². The minimum Gasteiger partial charge on any atom is -0.469 e. The molecule has 0 aromatic rings. The Bertz CT molecular complexity index is 128. The fraction of sp³-hybridized carbons (Fsp3) is 0.900. The summed E-state index contributed by atoms with van der Waals surface area (Å²) in [5.74, 6) is 0.367. The van der Waals surface area contributed by atoms with Crippen LogP contribution in [0.25, 0.3) is 0 Å². The maximum absolute atomic E-state index is 10.9. The summed E-state index contributed by atoms with van der Waals surface area (Å²) >= 11 is 0. The Morgan fingerprint density at radius 2 is 2.00 bits per heavy atom. The van der Waals surface area contributed by atoms with Crippen molar-refractivity contribution in [2.45, 2.75) is 32.6 Å². The van der Waals surface area contributed by atoms with Crippen LogP contribution in [0.4, 0.5) is 0 Å². The first-order valence-electron chi connectivity index (χ1n) is 4.80. The van der Waals surface area contributed by atoms with Crippen molar-refractivity contribution in [2.75, 3.05) is 20.8 Å². The maximum Gasteiger partial charge on any atom is 0.305 e. The number of carbonyl (C=O) groups excluding carboxylic acids is 1. The smallest absolute Gasteiger partial charge is 0.305 e. The van der Waals surface area contributed by atoms with E-state index < -0.39 is 0 Å². The molecule has 0 unspecified atom stereocenters. The molecule has 0 aromatic heterocycles. The van der Waals surface area contributed by atoms with Gasteiger partial charge in [0.1, 0.15) is 0 Å². The lowest BCUT2D eigenvalue weighted by molar-refractivity contribution is -0.141. The molecule has 0 amide bonds. The maximum atomic E-state index is 10.9. The molecule has 3 nitrogen and oxygen atoms in total. The van der Waals surface area contributed by atoms with E-state index in [1.807, 2.05) is 0 Å². The van der Waals surface area contributed by atoms with Gasteiger partial charge in [0, 0.05) is 20.1 Å².